The lowest BCUT2D eigenvalue weighted by Gasteiger charge is -2.05. The third-order valence-electron chi connectivity index (χ3n) is 4.17. The van der Waals surface area contributed by atoms with Crippen molar-refractivity contribution >= 4 is 27.8 Å². The zero-order valence-corrected chi connectivity index (χ0v) is 14.1. The largest absolute Gasteiger partial charge is 0.465 e. The van der Waals surface area contributed by atoms with Crippen molar-refractivity contribution in [3.05, 3.63) is 60.5 Å². The molecule has 0 atom stereocenters. The number of aromatic nitrogens is 3. The van der Waals surface area contributed by atoms with Crippen molar-refractivity contribution in [1.29, 1.82) is 0 Å². The van der Waals surface area contributed by atoms with Crippen molar-refractivity contribution in [2.24, 2.45) is 0 Å². The number of carbonyl (C=O) groups excluding carboxylic acids is 1. The lowest BCUT2D eigenvalue weighted by Crippen LogP contribution is -2.14. The first-order valence-electron chi connectivity index (χ1n) is 8.33. The minimum Gasteiger partial charge on any atom is -0.465 e. The average Bonchev–Trinajstić information content (AvgIpc) is 3.01. The van der Waals surface area contributed by atoms with Gasteiger partial charge in [-0.25, -0.2) is 4.39 Å². The number of carbonyl (C=O) groups is 1. The Morgan fingerprint density at radius 3 is 2.73 bits per heavy atom. The van der Waals surface area contributed by atoms with E-state index in [0.29, 0.717) is 28.7 Å². The van der Waals surface area contributed by atoms with Crippen LogP contribution in [0.5, 0.6) is 0 Å². The van der Waals surface area contributed by atoms with Crippen LogP contribution < -0.4 is 0 Å². The number of halogens is 1. The molecule has 2 aromatic heterocycles. The Morgan fingerprint density at radius 1 is 1.15 bits per heavy atom. The predicted octanol–water partition coefficient (Wildman–Crippen LogP) is 3.95. The highest BCUT2D eigenvalue weighted by Crippen LogP contribution is 2.32. The monoisotopic (exact) mass is 349 g/mol. The maximum absolute atomic E-state index is 13.9. The van der Waals surface area contributed by atoms with E-state index in [1.54, 1.807) is 23.9 Å². The number of hydrogen-bond donors (Lipinski definition) is 0. The third-order valence-corrected chi connectivity index (χ3v) is 4.17. The number of fused-ring (bicyclic) bond motifs is 3. The van der Waals surface area contributed by atoms with Crippen LogP contribution in [0.4, 0.5) is 4.39 Å². The molecule has 130 valence electrons. The fourth-order valence-corrected chi connectivity index (χ4v) is 3.08. The molecule has 0 saturated carbocycles. The van der Waals surface area contributed by atoms with Crippen LogP contribution in [0.1, 0.15) is 6.92 Å². The van der Waals surface area contributed by atoms with E-state index in [0.717, 1.165) is 10.9 Å². The number of pyridine rings is 1. The highest BCUT2D eigenvalue weighted by molar-refractivity contribution is 6.08. The summed E-state index contributed by atoms with van der Waals surface area (Å²) in [7, 11) is 0. The molecule has 0 aliphatic heterocycles. The SMILES string of the molecule is CCOC(=O)Cn1nc(-c2ccccc2)c2cnc3ccc(F)cc3c21. The molecule has 0 fully saturated rings. The van der Waals surface area contributed by atoms with Crippen LogP contribution in [-0.4, -0.2) is 27.3 Å². The zero-order chi connectivity index (χ0) is 18.1. The van der Waals surface area contributed by atoms with Crippen LogP contribution >= 0.6 is 0 Å². The van der Waals surface area contributed by atoms with Gasteiger partial charge < -0.3 is 4.74 Å². The predicted molar refractivity (Wildman–Crippen MR) is 97.1 cm³/mol. The number of esters is 1. The summed E-state index contributed by atoms with van der Waals surface area (Å²) in [4.78, 5) is 16.5. The molecule has 4 rings (SSSR count). The first kappa shape index (κ1) is 16.2. The van der Waals surface area contributed by atoms with Gasteiger partial charge in [0.1, 0.15) is 18.1 Å². The van der Waals surface area contributed by atoms with Gasteiger partial charge in [0.25, 0.3) is 0 Å². The summed E-state index contributed by atoms with van der Waals surface area (Å²) in [5, 5.41) is 5.99. The van der Waals surface area contributed by atoms with Crippen LogP contribution in [0.3, 0.4) is 0 Å². The second kappa shape index (κ2) is 6.55. The Hall–Kier alpha value is -3.28. The van der Waals surface area contributed by atoms with Crippen molar-refractivity contribution in [2.75, 3.05) is 6.61 Å². The molecule has 0 N–H and O–H groups in total. The summed E-state index contributed by atoms with van der Waals surface area (Å²) in [6.07, 6.45) is 1.71. The van der Waals surface area contributed by atoms with Gasteiger partial charge in [-0.15, -0.1) is 0 Å². The molecule has 0 aliphatic carbocycles. The van der Waals surface area contributed by atoms with Gasteiger partial charge in [0, 0.05) is 22.5 Å². The molecular weight excluding hydrogens is 333 g/mol. The Morgan fingerprint density at radius 2 is 1.96 bits per heavy atom. The van der Waals surface area contributed by atoms with E-state index < -0.39 is 5.97 Å². The number of ether oxygens (including phenoxy) is 1. The molecule has 0 saturated heterocycles. The van der Waals surface area contributed by atoms with E-state index in [4.69, 9.17) is 4.74 Å². The Labute approximate surface area is 149 Å². The van der Waals surface area contributed by atoms with Crippen molar-refractivity contribution in [2.45, 2.75) is 13.5 Å². The van der Waals surface area contributed by atoms with Crippen molar-refractivity contribution in [1.82, 2.24) is 14.8 Å². The molecule has 6 heteroatoms. The standard InChI is InChI=1S/C20H16FN3O2/c1-2-26-18(25)12-24-20-15-10-14(21)8-9-17(15)22-11-16(20)19(23-24)13-6-4-3-5-7-13/h3-11H,2,12H2,1H3. The molecule has 26 heavy (non-hydrogen) atoms. The fourth-order valence-electron chi connectivity index (χ4n) is 3.08. The quantitative estimate of drug-likeness (QED) is 0.524. The topological polar surface area (TPSA) is 57.0 Å². The van der Waals surface area contributed by atoms with Gasteiger partial charge in [-0.3, -0.25) is 14.5 Å². The van der Waals surface area contributed by atoms with Gasteiger partial charge in [-0.2, -0.15) is 5.10 Å². The average molecular weight is 349 g/mol. The minimum atomic E-state index is -0.391. The highest BCUT2D eigenvalue weighted by Gasteiger charge is 2.18. The maximum atomic E-state index is 13.9. The molecule has 4 aromatic rings. The van der Waals surface area contributed by atoms with E-state index in [-0.39, 0.29) is 12.4 Å². The summed E-state index contributed by atoms with van der Waals surface area (Å²) < 4.78 is 20.5. The van der Waals surface area contributed by atoms with Gasteiger partial charge in [-0.1, -0.05) is 30.3 Å². The first-order chi connectivity index (χ1) is 12.7. The van der Waals surface area contributed by atoms with Gasteiger partial charge in [0.05, 0.1) is 17.6 Å². The molecule has 0 radical (unpaired) electrons. The van der Waals surface area contributed by atoms with Gasteiger partial charge in [0.2, 0.25) is 0 Å². The zero-order valence-electron chi connectivity index (χ0n) is 14.1. The Balaban J connectivity index is 2.01. The molecule has 0 spiro atoms. The van der Waals surface area contributed by atoms with Crippen LogP contribution in [-0.2, 0) is 16.1 Å². The van der Waals surface area contributed by atoms with Crippen molar-refractivity contribution < 1.29 is 13.9 Å². The smallest absolute Gasteiger partial charge is 0.327 e. The van der Waals surface area contributed by atoms with Gasteiger partial charge >= 0.3 is 5.97 Å². The molecule has 5 nitrogen and oxygen atoms in total. The summed E-state index contributed by atoms with van der Waals surface area (Å²) >= 11 is 0. The Kier molecular flexibility index (Phi) is 4.08. The lowest BCUT2D eigenvalue weighted by atomic mass is 10.1. The summed E-state index contributed by atoms with van der Waals surface area (Å²) in [5.74, 6) is -0.755. The van der Waals surface area contributed by atoms with E-state index in [1.807, 2.05) is 30.3 Å². The van der Waals surface area contributed by atoms with E-state index >= 15 is 0 Å². The summed E-state index contributed by atoms with van der Waals surface area (Å²) in [5.41, 5.74) is 2.91. The minimum absolute atomic E-state index is 0.0488. The highest BCUT2D eigenvalue weighted by atomic mass is 19.1. The third kappa shape index (κ3) is 2.79. The van der Waals surface area contributed by atoms with Crippen LogP contribution in [0.15, 0.2) is 54.7 Å². The molecule has 0 amide bonds. The molecule has 0 aliphatic rings. The number of hydrogen-bond acceptors (Lipinski definition) is 4. The van der Waals surface area contributed by atoms with E-state index in [2.05, 4.69) is 10.1 Å². The molecule has 0 bridgehead atoms. The summed E-state index contributed by atoms with van der Waals surface area (Å²) in [6.45, 7) is 2.00. The van der Waals surface area contributed by atoms with E-state index in [9.17, 15) is 9.18 Å². The molecule has 2 aromatic carbocycles. The second-order valence-corrected chi connectivity index (χ2v) is 5.86. The fraction of sp³-hybridized carbons (Fsp3) is 0.150. The second-order valence-electron chi connectivity index (χ2n) is 5.86. The Bertz CT molecular complexity index is 1110. The lowest BCUT2D eigenvalue weighted by molar-refractivity contribution is -0.143. The van der Waals surface area contributed by atoms with Crippen LogP contribution in [0.2, 0.25) is 0 Å². The van der Waals surface area contributed by atoms with Gasteiger partial charge in [0.15, 0.2) is 0 Å². The van der Waals surface area contributed by atoms with E-state index in [1.165, 1.54) is 12.1 Å². The first-order valence-corrected chi connectivity index (χ1v) is 8.33. The van der Waals surface area contributed by atoms with Crippen LogP contribution in [0, 0.1) is 5.82 Å². The van der Waals surface area contributed by atoms with Crippen molar-refractivity contribution in [3.63, 3.8) is 0 Å². The normalized spacial score (nSPS) is 11.2. The molecule has 2 heterocycles. The number of nitrogens with zero attached hydrogens (tertiary/aromatic N) is 3. The van der Waals surface area contributed by atoms with Crippen LogP contribution in [0.25, 0.3) is 33.1 Å². The maximum Gasteiger partial charge on any atom is 0.327 e. The summed E-state index contributed by atoms with van der Waals surface area (Å²) in [6, 6.07) is 14.0. The number of rotatable bonds is 4. The molecular formula is C20H16FN3O2. The van der Waals surface area contributed by atoms with Crippen molar-refractivity contribution in [3.8, 4) is 11.3 Å². The number of benzene rings is 2. The molecule has 0 unspecified atom stereocenters. The van der Waals surface area contributed by atoms with Gasteiger partial charge in [-0.05, 0) is 25.1 Å².